The molecule has 1 heterocycles. The van der Waals surface area contributed by atoms with Crippen molar-refractivity contribution in [1.82, 2.24) is 4.90 Å². The van der Waals surface area contributed by atoms with Crippen molar-refractivity contribution in [3.63, 3.8) is 0 Å². The average molecular weight is 379 g/mol. The Balaban J connectivity index is 1.67. The summed E-state index contributed by atoms with van der Waals surface area (Å²) < 4.78 is 5.22. The molecule has 3 aromatic carbocycles. The van der Waals surface area contributed by atoms with Crippen LogP contribution < -0.4 is 10.1 Å². The Bertz CT molecular complexity index is 972. The van der Waals surface area contributed by atoms with Gasteiger partial charge in [0.05, 0.1) is 7.11 Å². The van der Waals surface area contributed by atoms with E-state index in [0.29, 0.717) is 11.6 Å². The first kappa shape index (κ1) is 17.4. The molecular formula is C22H19ClN2O2. The van der Waals surface area contributed by atoms with Crippen molar-refractivity contribution in [2.45, 2.75) is 12.7 Å². The predicted molar refractivity (Wildman–Crippen MR) is 107 cm³/mol. The third kappa shape index (κ3) is 3.36. The molecule has 27 heavy (non-hydrogen) atoms. The smallest absolute Gasteiger partial charge is 0.256 e. The lowest BCUT2D eigenvalue weighted by Crippen LogP contribution is -2.32. The van der Waals surface area contributed by atoms with Gasteiger partial charge >= 0.3 is 0 Å². The van der Waals surface area contributed by atoms with Crippen molar-refractivity contribution in [3.8, 4) is 5.75 Å². The minimum absolute atomic E-state index is 0.00321. The van der Waals surface area contributed by atoms with Gasteiger partial charge in [-0.2, -0.15) is 0 Å². The fraction of sp³-hybridized carbons (Fsp3) is 0.136. The summed E-state index contributed by atoms with van der Waals surface area (Å²) in [5, 5.41) is 4.13. The molecule has 4 rings (SSSR count). The lowest BCUT2D eigenvalue weighted by molar-refractivity contribution is 0.0729. The van der Waals surface area contributed by atoms with Crippen LogP contribution in [0, 0.1) is 0 Å². The second-order valence-electron chi connectivity index (χ2n) is 6.39. The van der Waals surface area contributed by atoms with E-state index in [1.807, 2.05) is 77.7 Å². The van der Waals surface area contributed by atoms with Gasteiger partial charge in [0.2, 0.25) is 0 Å². The van der Waals surface area contributed by atoms with Gasteiger partial charge in [-0.3, -0.25) is 4.79 Å². The molecule has 1 aliphatic heterocycles. The highest BCUT2D eigenvalue weighted by Gasteiger charge is 2.36. The summed E-state index contributed by atoms with van der Waals surface area (Å²) in [7, 11) is 1.64. The molecule has 0 saturated carbocycles. The zero-order valence-electron chi connectivity index (χ0n) is 14.9. The number of hydrogen-bond donors (Lipinski definition) is 1. The number of rotatable bonds is 5. The first-order valence-electron chi connectivity index (χ1n) is 8.71. The van der Waals surface area contributed by atoms with Gasteiger partial charge < -0.3 is 15.0 Å². The van der Waals surface area contributed by atoms with E-state index in [9.17, 15) is 4.79 Å². The van der Waals surface area contributed by atoms with Crippen molar-refractivity contribution in [2.24, 2.45) is 0 Å². The molecule has 1 atom stereocenters. The number of amides is 1. The molecule has 1 aliphatic rings. The van der Waals surface area contributed by atoms with Gasteiger partial charge in [-0.25, -0.2) is 0 Å². The lowest BCUT2D eigenvalue weighted by atomic mass is 10.1. The van der Waals surface area contributed by atoms with Gasteiger partial charge in [-0.1, -0.05) is 48.0 Å². The number of anilines is 1. The highest BCUT2D eigenvalue weighted by atomic mass is 35.5. The van der Waals surface area contributed by atoms with Crippen molar-refractivity contribution in [2.75, 3.05) is 12.4 Å². The van der Waals surface area contributed by atoms with Crippen LogP contribution in [0.5, 0.6) is 5.75 Å². The molecule has 0 spiro atoms. The maximum absolute atomic E-state index is 13.0. The first-order chi connectivity index (χ1) is 13.2. The van der Waals surface area contributed by atoms with Crippen molar-refractivity contribution >= 4 is 23.2 Å². The van der Waals surface area contributed by atoms with E-state index in [-0.39, 0.29) is 12.1 Å². The number of methoxy groups -OCH3 is 1. The van der Waals surface area contributed by atoms with E-state index in [1.165, 1.54) is 0 Å². The van der Waals surface area contributed by atoms with Crippen molar-refractivity contribution in [3.05, 3.63) is 94.5 Å². The highest BCUT2D eigenvalue weighted by Crippen LogP contribution is 2.36. The van der Waals surface area contributed by atoms with E-state index in [2.05, 4.69) is 5.32 Å². The summed E-state index contributed by atoms with van der Waals surface area (Å²) in [5.41, 5.74) is 3.51. The fourth-order valence-electron chi connectivity index (χ4n) is 3.34. The highest BCUT2D eigenvalue weighted by molar-refractivity contribution is 6.31. The van der Waals surface area contributed by atoms with E-state index in [4.69, 9.17) is 16.3 Å². The van der Waals surface area contributed by atoms with Crippen LogP contribution in [0.25, 0.3) is 0 Å². The number of carbonyl (C=O) groups excluding carboxylic acids is 1. The monoisotopic (exact) mass is 378 g/mol. The van der Waals surface area contributed by atoms with Crippen LogP contribution in [0.3, 0.4) is 0 Å². The summed E-state index contributed by atoms with van der Waals surface area (Å²) in [5.74, 6) is 0.785. The molecule has 1 unspecified atom stereocenters. The largest absolute Gasteiger partial charge is 0.497 e. The maximum atomic E-state index is 13.0. The number of nitrogens with zero attached hydrogens (tertiary/aromatic N) is 1. The summed E-state index contributed by atoms with van der Waals surface area (Å²) in [6.45, 7) is 0.432. The minimum atomic E-state index is -0.265. The Morgan fingerprint density at radius 3 is 2.44 bits per heavy atom. The van der Waals surface area contributed by atoms with Crippen LogP contribution in [0.4, 0.5) is 5.69 Å². The standard InChI is InChI=1S/C22H19ClN2O2/c1-27-17-12-10-16(11-13-17)24-21-18-7-3-4-8-19(18)22(26)25(21)14-15-6-2-5-9-20(15)23/h2-13,21,24H,14H2,1H3. The molecular weight excluding hydrogens is 360 g/mol. The zero-order chi connectivity index (χ0) is 18.8. The van der Waals surface area contributed by atoms with Crippen molar-refractivity contribution in [1.29, 1.82) is 0 Å². The minimum Gasteiger partial charge on any atom is -0.497 e. The predicted octanol–water partition coefficient (Wildman–Crippen LogP) is 5.12. The Morgan fingerprint density at radius 2 is 1.70 bits per heavy atom. The average Bonchev–Trinajstić information content (AvgIpc) is 2.96. The molecule has 3 aromatic rings. The van der Waals surface area contributed by atoms with Crippen LogP contribution >= 0.6 is 11.6 Å². The van der Waals surface area contributed by atoms with E-state index in [1.54, 1.807) is 7.11 Å². The molecule has 4 nitrogen and oxygen atoms in total. The second-order valence-corrected chi connectivity index (χ2v) is 6.79. The maximum Gasteiger partial charge on any atom is 0.256 e. The van der Waals surface area contributed by atoms with E-state index < -0.39 is 0 Å². The number of carbonyl (C=O) groups is 1. The molecule has 0 bridgehead atoms. The van der Waals surface area contributed by atoms with Gasteiger partial charge in [0.15, 0.2) is 0 Å². The van der Waals surface area contributed by atoms with Crippen LogP contribution in [0.2, 0.25) is 5.02 Å². The first-order valence-corrected chi connectivity index (χ1v) is 9.09. The number of hydrogen-bond acceptors (Lipinski definition) is 3. The van der Waals surface area contributed by atoms with Gasteiger partial charge in [0.1, 0.15) is 11.9 Å². The summed E-state index contributed by atoms with van der Waals surface area (Å²) in [4.78, 5) is 14.9. The molecule has 0 radical (unpaired) electrons. The van der Waals surface area contributed by atoms with E-state index in [0.717, 1.165) is 28.1 Å². The van der Waals surface area contributed by atoms with Gasteiger partial charge in [-0.05, 0) is 42.0 Å². The fourth-order valence-corrected chi connectivity index (χ4v) is 3.54. The lowest BCUT2D eigenvalue weighted by Gasteiger charge is -2.27. The second kappa shape index (κ2) is 7.33. The van der Waals surface area contributed by atoms with Crippen LogP contribution in [-0.2, 0) is 6.54 Å². The summed E-state index contributed by atoms with van der Waals surface area (Å²) in [6.07, 6.45) is -0.265. The SMILES string of the molecule is COc1ccc(NC2c3ccccc3C(=O)N2Cc2ccccc2Cl)cc1. The molecule has 0 saturated heterocycles. The summed E-state index contributed by atoms with van der Waals surface area (Å²) >= 11 is 6.33. The molecule has 0 fully saturated rings. The quantitative estimate of drug-likeness (QED) is 0.670. The van der Waals surface area contributed by atoms with Gasteiger partial charge in [0.25, 0.3) is 5.91 Å². The zero-order valence-corrected chi connectivity index (χ0v) is 15.6. The number of halogens is 1. The molecule has 0 aliphatic carbocycles. The number of ether oxygens (including phenoxy) is 1. The van der Waals surface area contributed by atoms with Crippen molar-refractivity contribution < 1.29 is 9.53 Å². The molecule has 1 amide bonds. The molecule has 136 valence electrons. The molecule has 5 heteroatoms. The Hall–Kier alpha value is -2.98. The topological polar surface area (TPSA) is 41.6 Å². The molecule has 1 N–H and O–H groups in total. The third-order valence-electron chi connectivity index (χ3n) is 4.75. The van der Waals surface area contributed by atoms with Gasteiger partial charge in [0, 0.05) is 28.4 Å². The Labute approximate surface area is 163 Å². The number of fused-ring (bicyclic) bond motifs is 1. The van der Waals surface area contributed by atoms with Gasteiger partial charge in [-0.15, -0.1) is 0 Å². The third-order valence-corrected chi connectivity index (χ3v) is 5.12. The molecule has 0 aromatic heterocycles. The van der Waals surface area contributed by atoms with Crippen LogP contribution in [0.15, 0.2) is 72.8 Å². The van der Waals surface area contributed by atoms with Crippen LogP contribution in [-0.4, -0.2) is 17.9 Å². The Morgan fingerprint density at radius 1 is 1.00 bits per heavy atom. The van der Waals surface area contributed by atoms with Crippen LogP contribution in [0.1, 0.15) is 27.7 Å². The number of benzene rings is 3. The Kier molecular flexibility index (Phi) is 4.73. The summed E-state index contributed by atoms with van der Waals surface area (Å²) in [6, 6.07) is 23.0. The number of nitrogens with one attached hydrogen (secondary N) is 1. The normalized spacial score (nSPS) is 15.6. The van der Waals surface area contributed by atoms with E-state index >= 15 is 0 Å².